The summed E-state index contributed by atoms with van der Waals surface area (Å²) in [6.45, 7) is 4.40. The van der Waals surface area contributed by atoms with Crippen LogP contribution in [0.2, 0.25) is 0 Å². The fraction of sp³-hybridized carbons (Fsp3) is 0.900. The van der Waals surface area contributed by atoms with Crippen molar-refractivity contribution in [1.29, 1.82) is 5.26 Å². The maximum Gasteiger partial charge on any atom is 0.113 e. The molecule has 0 N–H and O–H groups in total. The minimum absolute atomic E-state index is 0.144. The Kier molecular flexibility index (Phi) is 2.18. The zero-order chi connectivity index (χ0) is 9.41. The SMILES string of the molecule is CN(C)C1(C#N)CCCC1(C)C. The zero-order valence-corrected chi connectivity index (χ0v) is 8.52. The van der Waals surface area contributed by atoms with Crippen LogP contribution in [0.5, 0.6) is 0 Å². The Bertz CT molecular complexity index is 212. The molecule has 0 heterocycles. The van der Waals surface area contributed by atoms with Gasteiger partial charge in [-0.25, -0.2) is 0 Å². The highest BCUT2D eigenvalue weighted by Gasteiger charge is 2.50. The van der Waals surface area contributed by atoms with Gasteiger partial charge in [0, 0.05) is 0 Å². The molecular weight excluding hydrogens is 148 g/mol. The Hall–Kier alpha value is -0.550. The molecule has 2 nitrogen and oxygen atoms in total. The molecule has 0 bridgehead atoms. The Balaban J connectivity index is 3.02. The van der Waals surface area contributed by atoms with Gasteiger partial charge >= 0.3 is 0 Å². The maximum absolute atomic E-state index is 9.23. The third-order valence-corrected chi connectivity index (χ3v) is 3.41. The lowest BCUT2D eigenvalue weighted by molar-refractivity contribution is 0.101. The summed E-state index contributed by atoms with van der Waals surface area (Å²) in [6, 6.07) is 2.49. The second-order valence-electron chi connectivity index (χ2n) is 4.60. The summed E-state index contributed by atoms with van der Waals surface area (Å²) in [4.78, 5) is 2.08. The van der Waals surface area contributed by atoms with E-state index in [0.29, 0.717) is 0 Å². The van der Waals surface area contributed by atoms with Crippen LogP contribution in [0.25, 0.3) is 0 Å². The Morgan fingerprint density at radius 1 is 1.25 bits per heavy atom. The molecule has 1 aliphatic carbocycles. The van der Waals surface area contributed by atoms with E-state index in [0.717, 1.165) is 6.42 Å². The van der Waals surface area contributed by atoms with Crippen molar-refractivity contribution in [2.45, 2.75) is 38.6 Å². The molecule has 0 aliphatic heterocycles. The molecule has 0 aromatic rings. The monoisotopic (exact) mass is 166 g/mol. The minimum Gasteiger partial charge on any atom is -0.291 e. The van der Waals surface area contributed by atoms with Crippen molar-refractivity contribution in [1.82, 2.24) is 4.90 Å². The summed E-state index contributed by atoms with van der Waals surface area (Å²) < 4.78 is 0. The maximum atomic E-state index is 9.23. The first kappa shape index (κ1) is 9.54. The summed E-state index contributed by atoms with van der Waals surface area (Å²) in [5, 5.41) is 9.23. The summed E-state index contributed by atoms with van der Waals surface area (Å²) in [6.07, 6.45) is 3.36. The van der Waals surface area contributed by atoms with Crippen molar-refractivity contribution in [3.05, 3.63) is 0 Å². The first-order chi connectivity index (χ1) is 5.46. The summed E-state index contributed by atoms with van der Waals surface area (Å²) in [7, 11) is 4.02. The highest BCUT2D eigenvalue weighted by Crippen LogP contribution is 2.48. The number of hydrogen-bond donors (Lipinski definition) is 0. The topological polar surface area (TPSA) is 27.0 Å². The molecule has 0 saturated heterocycles. The van der Waals surface area contributed by atoms with Gasteiger partial charge in [-0.2, -0.15) is 5.26 Å². The molecule has 2 heteroatoms. The van der Waals surface area contributed by atoms with Gasteiger partial charge in [-0.3, -0.25) is 4.90 Å². The number of nitrogens with zero attached hydrogens (tertiary/aromatic N) is 2. The van der Waals surface area contributed by atoms with E-state index >= 15 is 0 Å². The average Bonchev–Trinajstić information content (AvgIpc) is 2.25. The fourth-order valence-electron chi connectivity index (χ4n) is 2.47. The van der Waals surface area contributed by atoms with E-state index in [2.05, 4.69) is 24.8 Å². The molecule has 12 heavy (non-hydrogen) atoms. The van der Waals surface area contributed by atoms with Crippen LogP contribution in [0, 0.1) is 16.7 Å². The smallest absolute Gasteiger partial charge is 0.113 e. The van der Waals surface area contributed by atoms with Crippen LogP contribution in [0.1, 0.15) is 33.1 Å². The van der Waals surface area contributed by atoms with Gasteiger partial charge in [0.1, 0.15) is 5.54 Å². The number of rotatable bonds is 1. The van der Waals surface area contributed by atoms with Crippen molar-refractivity contribution in [2.24, 2.45) is 5.41 Å². The van der Waals surface area contributed by atoms with E-state index in [4.69, 9.17) is 0 Å². The lowest BCUT2D eigenvalue weighted by atomic mass is 9.75. The van der Waals surface area contributed by atoms with E-state index in [9.17, 15) is 5.26 Å². The van der Waals surface area contributed by atoms with E-state index in [1.807, 2.05) is 14.1 Å². The van der Waals surface area contributed by atoms with E-state index in [1.165, 1.54) is 12.8 Å². The van der Waals surface area contributed by atoms with Crippen molar-refractivity contribution in [3.63, 3.8) is 0 Å². The van der Waals surface area contributed by atoms with Crippen LogP contribution >= 0.6 is 0 Å². The van der Waals surface area contributed by atoms with Crippen LogP contribution in [0.3, 0.4) is 0 Å². The quantitative estimate of drug-likeness (QED) is 0.596. The molecule has 1 saturated carbocycles. The van der Waals surface area contributed by atoms with Crippen molar-refractivity contribution in [3.8, 4) is 6.07 Å². The molecule has 1 rings (SSSR count). The van der Waals surface area contributed by atoms with Crippen LogP contribution in [0.4, 0.5) is 0 Å². The predicted molar refractivity (Wildman–Crippen MR) is 49.7 cm³/mol. The average molecular weight is 166 g/mol. The first-order valence-electron chi connectivity index (χ1n) is 4.55. The molecule has 0 aromatic carbocycles. The second kappa shape index (κ2) is 2.74. The van der Waals surface area contributed by atoms with Crippen molar-refractivity contribution in [2.75, 3.05) is 14.1 Å². The largest absolute Gasteiger partial charge is 0.291 e. The third kappa shape index (κ3) is 1.04. The predicted octanol–water partition coefficient (Wildman–Crippen LogP) is 2.02. The van der Waals surface area contributed by atoms with Gasteiger partial charge in [0.25, 0.3) is 0 Å². The van der Waals surface area contributed by atoms with Gasteiger partial charge in [0.15, 0.2) is 0 Å². The van der Waals surface area contributed by atoms with E-state index in [1.54, 1.807) is 0 Å². The lowest BCUT2D eigenvalue weighted by Gasteiger charge is -2.40. The van der Waals surface area contributed by atoms with Crippen molar-refractivity contribution >= 4 is 0 Å². The molecule has 1 aliphatic rings. The summed E-state index contributed by atoms with van der Waals surface area (Å²) in [5.74, 6) is 0. The lowest BCUT2D eigenvalue weighted by Crippen LogP contribution is -2.50. The molecule has 1 unspecified atom stereocenters. The van der Waals surface area contributed by atoms with Gasteiger partial charge in [0.05, 0.1) is 6.07 Å². The summed E-state index contributed by atoms with van der Waals surface area (Å²) >= 11 is 0. The van der Waals surface area contributed by atoms with Crippen LogP contribution in [0.15, 0.2) is 0 Å². The summed E-state index contributed by atoms with van der Waals surface area (Å²) in [5.41, 5.74) is -0.0851. The Labute approximate surface area is 75.2 Å². The normalized spacial score (nSPS) is 33.7. The molecular formula is C10H18N2. The molecule has 0 radical (unpaired) electrons. The minimum atomic E-state index is -0.229. The van der Waals surface area contributed by atoms with Gasteiger partial charge in [-0.1, -0.05) is 13.8 Å². The van der Waals surface area contributed by atoms with Crippen LogP contribution < -0.4 is 0 Å². The molecule has 0 spiro atoms. The van der Waals surface area contributed by atoms with Gasteiger partial charge < -0.3 is 0 Å². The first-order valence-corrected chi connectivity index (χ1v) is 4.55. The van der Waals surface area contributed by atoms with Crippen LogP contribution in [-0.4, -0.2) is 24.5 Å². The fourth-order valence-corrected chi connectivity index (χ4v) is 2.47. The highest BCUT2D eigenvalue weighted by molar-refractivity contribution is 5.18. The van der Waals surface area contributed by atoms with Gasteiger partial charge in [-0.15, -0.1) is 0 Å². The Morgan fingerprint density at radius 3 is 2.00 bits per heavy atom. The molecule has 68 valence electrons. The van der Waals surface area contributed by atoms with E-state index in [-0.39, 0.29) is 11.0 Å². The zero-order valence-electron chi connectivity index (χ0n) is 8.52. The second-order valence-corrected chi connectivity index (χ2v) is 4.60. The molecule has 1 atom stereocenters. The van der Waals surface area contributed by atoms with Crippen LogP contribution in [-0.2, 0) is 0 Å². The van der Waals surface area contributed by atoms with Gasteiger partial charge in [0.2, 0.25) is 0 Å². The van der Waals surface area contributed by atoms with Crippen molar-refractivity contribution < 1.29 is 0 Å². The standard InChI is InChI=1S/C10H18N2/c1-9(2)6-5-7-10(9,8-11)12(3)4/h5-7H2,1-4H3. The third-order valence-electron chi connectivity index (χ3n) is 3.41. The molecule has 0 amide bonds. The highest BCUT2D eigenvalue weighted by atomic mass is 15.2. The number of nitriles is 1. The van der Waals surface area contributed by atoms with Gasteiger partial charge in [-0.05, 0) is 38.8 Å². The number of hydrogen-bond acceptors (Lipinski definition) is 2. The molecule has 0 aromatic heterocycles. The molecule has 1 fully saturated rings. The Morgan fingerprint density at radius 2 is 1.83 bits per heavy atom. The van der Waals surface area contributed by atoms with E-state index < -0.39 is 0 Å².